The third kappa shape index (κ3) is 7.40. The number of carbonyl (C=O) groups excluding carboxylic acids is 1. The van der Waals surface area contributed by atoms with Gasteiger partial charge in [-0.1, -0.05) is 87.0 Å². The Morgan fingerprint density at radius 1 is 0.857 bits per heavy atom. The Kier molecular flexibility index (Phi) is 9.86. The zero-order valence-corrected chi connectivity index (χ0v) is 21.4. The molecule has 3 aromatic carbocycles. The molecule has 0 saturated heterocycles. The summed E-state index contributed by atoms with van der Waals surface area (Å²) in [7, 11) is 0. The Hall–Kier alpha value is -3.17. The monoisotopic (exact) mass is 470 g/mol. The molecule has 0 atom stereocenters. The molecular formula is C32H38O3. The maximum absolute atomic E-state index is 11.6. The fraction of sp³-hybridized carbons (Fsp3) is 0.344. The van der Waals surface area contributed by atoms with Gasteiger partial charge in [-0.2, -0.15) is 0 Å². The van der Waals surface area contributed by atoms with Gasteiger partial charge in [0.25, 0.3) is 0 Å². The van der Waals surface area contributed by atoms with Crippen molar-refractivity contribution in [2.75, 3.05) is 6.61 Å². The van der Waals surface area contributed by atoms with Crippen LogP contribution in [0.5, 0.6) is 0 Å². The van der Waals surface area contributed by atoms with Gasteiger partial charge in [-0.3, -0.25) is 0 Å². The molecular weight excluding hydrogens is 432 g/mol. The fourth-order valence-corrected chi connectivity index (χ4v) is 4.34. The first-order valence-corrected chi connectivity index (χ1v) is 12.7. The lowest BCUT2D eigenvalue weighted by Gasteiger charge is -2.14. The first-order valence-electron chi connectivity index (χ1n) is 12.7. The van der Waals surface area contributed by atoms with Crippen molar-refractivity contribution in [2.24, 2.45) is 0 Å². The largest absolute Gasteiger partial charge is 0.462 e. The molecule has 1 N–H and O–H groups in total. The van der Waals surface area contributed by atoms with Crippen molar-refractivity contribution in [1.29, 1.82) is 0 Å². The molecule has 184 valence electrons. The third-order valence-corrected chi connectivity index (χ3v) is 6.44. The van der Waals surface area contributed by atoms with E-state index in [0.717, 1.165) is 29.5 Å². The number of ether oxygens (including phenoxy) is 1. The summed E-state index contributed by atoms with van der Waals surface area (Å²) < 4.78 is 5.22. The van der Waals surface area contributed by atoms with Gasteiger partial charge in [0.05, 0.1) is 13.2 Å². The SMILES string of the molecule is C=C(C)C(=O)OCCCc1cc(-c2ccc(-c3ccc(CCCCC)cc3)cc2C)ccc1CO. The number of aliphatic hydroxyl groups is 1. The molecule has 0 heterocycles. The Morgan fingerprint density at radius 3 is 2.23 bits per heavy atom. The summed E-state index contributed by atoms with van der Waals surface area (Å²) in [6, 6.07) is 21.8. The van der Waals surface area contributed by atoms with E-state index >= 15 is 0 Å². The predicted molar refractivity (Wildman–Crippen MR) is 145 cm³/mol. The number of rotatable bonds is 12. The van der Waals surface area contributed by atoms with Gasteiger partial charge in [-0.05, 0) is 84.0 Å². The van der Waals surface area contributed by atoms with E-state index in [9.17, 15) is 9.90 Å². The van der Waals surface area contributed by atoms with Gasteiger partial charge in [0.15, 0.2) is 0 Å². The highest BCUT2D eigenvalue weighted by Gasteiger charge is 2.10. The highest BCUT2D eigenvalue weighted by Crippen LogP contribution is 2.30. The first kappa shape index (κ1) is 26.4. The van der Waals surface area contributed by atoms with E-state index in [1.54, 1.807) is 6.92 Å². The quantitative estimate of drug-likeness (QED) is 0.168. The van der Waals surface area contributed by atoms with Crippen molar-refractivity contribution in [3.8, 4) is 22.3 Å². The lowest BCUT2D eigenvalue weighted by Crippen LogP contribution is -2.07. The van der Waals surface area contributed by atoms with Crippen LogP contribution >= 0.6 is 0 Å². The molecule has 3 rings (SSSR count). The number of esters is 1. The normalized spacial score (nSPS) is 10.9. The van der Waals surface area contributed by atoms with Gasteiger partial charge in [0, 0.05) is 5.57 Å². The molecule has 0 spiro atoms. The van der Waals surface area contributed by atoms with Crippen molar-refractivity contribution in [2.45, 2.75) is 65.9 Å². The summed E-state index contributed by atoms with van der Waals surface area (Å²) in [4.78, 5) is 11.6. The maximum atomic E-state index is 11.6. The van der Waals surface area contributed by atoms with Crippen molar-refractivity contribution < 1.29 is 14.6 Å². The summed E-state index contributed by atoms with van der Waals surface area (Å²) in [6.07, 6.45) is 6.36. The summed E-state index contributed by atoms with van der Waals surface area (Å²) in [5, 5.41) is 9.80. The highest BCUT2D eigenvalue weighted by atomic mass is 16.5. The second-order valence-electron chi connectivity index (χ2n) is 9.35. The molecule has 0 fully saturated rings. The van der Waals surface area contributed by atoms with Crippen molar-refractivity contribution in [3.63, 3.8) is 0 Å². The van der Waals surface area contributed by atoms with Gasteiger partial charge < -0.3 is 9.84 Å². The average molecular weight is 471 g/mol. The second kappa shape index (κ2) is 13.1. The van der Waals surface area contributed by atoms with E-state index in [1.165, 1.54) is 47.1 Å². The molecule has 3 aromatic rings. The van der Waals surface area contributed by atoms with Gasteiger partial charge in [0.2, 0.25) is 0 Å². The van der Waals surface area contributed by atoms with Crippen LogP contribution in [-0.2, 0) is 29.0 Å². The number of hydrogen-bond donors (Lipinski definition) is 1. The lowest BCUT2D eigenvalue weighted by atomic mass is 9.92. The maximum Gasteiger partial charge on any atom is 0.333 e. The number of aryl methyl sites for hydroxylation is 3. The number of carbonyl (C=O) groups is 1. The summed E-state index contributed by atoms with van der Waals surface area (Å²) in [6.45, 7) is 9.97. The molecule has 0 unspecified atom stereocenters. The van der Waals surface area contributed by atoms with Crippen LogP contribution in [0.4, 0.5) is 0 Å². The van der Waals surface area contributed by atoms with Crippen LogP contribution in [0.25, 0.3) is 22.3 Å². The molecule has 3 heteroatoms. The lowest BCUT2D eigenvalue weighted by molar-refractivity contribution is -0.139. The van der Waals surface area contributed by atoms with E-state index in [-0.39, 0.29) is 12.6 Å². The Morgan fingerprint density at radius 2 is 1.57 bits per heavy atom. The minimum atomic E-state index is -0.358. The van der Waals surface area contributed by atoms with E-state index in [0.29, 0.717) is 18.6 Å². The Bertz CT molecular complexity index is 1140. The fourth-order valence-electron chi connectivity index (χ4n) is 4.34. The zero-order chi connectivity index (χ0) is 25.2. The average Bonchev–Trinajstić information content (AvgIpc) is 2.87. The van der Waals surface area contributed by atoms with Crippen molar-refractivity contribution in [1.82, 2.24) is 0 Å². The smallest absolute Gasteiger partial charge is 0.333 e. The molecule has 35 heavy (non-hydrogen) atoms. The number of hydrogen-bond acceptors (Lipinski definition) is 3. The minimum Gasteiger partial charge on any atom is -0.462 e. The molecule has 0 radical (unpaired) electrons. The Balaban J connectivity index is 1.73. The van der Waals surface area contributed by atoms with E-state index in [1.807, 2.05) is 6.07 Å². The molecule has 0 saturated carbocycles. The van der Waals surface area contributed by atoms with Crippen LogP contribution in [-0.4, -0.2) is 17.7 Å². The third-order valence-electron chi connectivity index (χ3n) is 6.44. The predicted octanol–water partition coefficient (Wildman–Crippen LogP) is 7.61. The van der Waals surface area contributed by atoms with Gasteiger partial charge in [0.1, 0.15) is 0 Å². The van der Waals surface area contributed by atoms with Crippen LogP contribution in [0.3, 0.4) is 0 Å². The first-order chi connectivity index (χ1) is 16.9. The van der Waals surface area contributed by atoms with Crippen LogP contribution in [0, 0.1) is 6.92 Å². The van der Waals surface area contributed by atoms with E-state index in [4.69, 9.17) is 4.74 Å². The topological polar surface area (TPSA) is 46.5 Å². The molecule has 0 aliphatic rings. The van der Waals surface area contributed by atoms with Gasteiger partial charge >= 0.3 is 5.97 Å². The van der Waals surface area contributed by atoms with Crippen LogP contribution in [0.1, 0.15) is 61.8 Å². The zero-order valence-electron chi connectivity index (χ0n) is 21.4. The summed E-state index contributed by atoms with van der Waals surface area (Å²) in [5.41, 5.74) is 9.79. The Labute approximate surface area is 210 Å². The van der Waals surface area contributed by atoms with Crippen LogP contribution in [0.2, 0.25) is 0 Å². The van der Waals surface area contributed by atoms with Gasteiger partial charge in [-0.25, -0.2) is 4.79 Å². The van der Waals surface area contributed by atoms with Crippen LogP contribution in [0.15, 0.2) is 72.8 Å². The standard InChI is InChI=1S/C32H38O3/c1-5-6-7-9-25-11-13-26(14-12-25)28-17-18-31(24(4)20-28)29-15-16-30(22-33)27(21-29)10-8-19-35-32(34)23(2)3/h11-18,20-21,33H,2,5-10,19,22H2,1,3-4H3. The number of aliphatic hydroxyl groups excluding tert-OH is 1. The molecule has 0 aliphatic carbocycles. The van der Waals surface area contributed by atoms with Crippen LogP contribution < -0.4 is 0 Å². The molecule has 0 bridgehead atoms. The van der Waals surface area contributed by atoms with Crippen molar-refractivity contribution in [3.05, 3.63) is 95.1 Å². The minimum absolute atomic E-state index is 0.00642. The van der Waals surface area contributed by atoms with E-state index < -0.39 is 0 Å². The molecule has 0 aliphatic heterocycles. The van der Waals surface area contributed by atoms with E-state index in [2.05, 4.69) is 75.0 Å². The summed E-state index contributed by atoms with van der Waals surface area (Å²) in [5.74, 6) is -0.358. The molecule has 3 nitrogen and oxygen atoms in total. The number of benzene rings is 3. The summed E-state index contributed by atoms with van der Waals surface area (Å²) >= 11 is 0. The number of unbranched alkanes of at least 4 members (excludes halogenated alkanes) is 2. The molecule has 0 aromatic heterocycles. The van der Waals surface area contributed by atoms with Gasteiger partial charge in [-0.15, -0.1) is 0 Å². The highest BCUT2D eigenvalue weighted by molar-refractivity contribution is 5.86. The molecule has 0 amide bonds. The second-order valence-corrected chi connectivity index (χ2v) is 9.35. The van der Waals surface area contributed by atoms with Crippen molar-refractivity contribution >= 4 is 5.97 Å².